The first kappa shape index (κ1) is 21.3. The van der Waals surface area contributed by atoms with Crippen molar-refractivity contribution in [3.63, 3.8) is 0 Å². The molecule has 1 N–H and O–H groups in total. The van der Waals surface area contributed by atoms with Crippen LogP contribution in [0.15, 0.2) is 48.5 Å². The van der Waals surface area contributed by atoms with Gasteiger partial charge in [0, 0.05) is 35.4 Å². The molecule has 0 fully saturated rings. The summed E-state index contributed by atoms with van der Waals surface area (Å²) in [6.07, 6.45) is 2.87. The van der Waals surface area contributed by atoms with Gasteiger partial charge in [-0.15, -0.1) is 0 Å². The van der Waals surface area contributed by atoms with Gasteiger partial charge in [-0.05, 0) is 62.4 Å². The van der Waals surface area contributed by atoms with Crippen molar-refractivity contribution in [2.45, 2.75) is 19.9 Å². The fourth-order valence-electron chi connectivity index (χ4n) is 2.34. The van der Waals surface area contributed by atoms with Crippen LogP contribution in [0.3, 0.4) is 0 Å². The summed E-state index contributed by atoms with van der Waals surface area (Å²) in [5.41, 5.74) is 1.34. The van der Waals surface area contributed by atoms with E-state index >= 15 is 0 Å². The first-order valence-corrected chi connectivity index (χ1v) is 9.05. The zero-order chi connectivity index (χ0) is 20.7. The maximum absolute atomic E-state index is 12.1. The van der Waals surface area contributed by atoms with Crippen molar-refractivity contribution in [1.29, 1.82) is 0 Å². The molecule has 0 aliphatic rings. The highest BCUT2D eigenvalue weighted by Crippen LogP contribution is 2.24. The Morgan fingerprint density at radius 2 is 1.82 bits per heavy atom. The second kappa shape index (κ2) is 9.80. The standard InChI is InChI=1S/C21H23ClN2O4/c1-14(2)23-21(26)24(3)17-7-9-18(10-8-17)28-20(25)12-5-15-13-16(22)6-11-19(15)27-4/h5-14H,1-4H3,(H,23,26)/b12-5+. The number of methoxy groups -OCH3 is 1. The Labute approximate surface area is 169 Å². The van der Waals surface area contributed by atoms with Crippen molar-refractivity contribution >= 4 is 35.4 Å². The second-order valence-corrected chi connectivity index (χ2v) is 6.73. The van der Waals surface area contributed by atoms with Crippen LogP contribution >= 0.6 is 11.6 Å². The first-order chi connectivity index (χ1) is 13.3. The SMILES string of the molecule is COc1ccc(Cl)cc1/C=C/C(=O)Oc1ccc(N(C)C(=O)NC(C)C)cc1. The van der Waals surface area contributed by atoms with Crippen molar-refractivity contribution < 1.29 is 19.1 Å². The highest BCUT2D eigenvalue weighted by molar-refractivity contribution is 6.30. The number of rotatable bonds is 6. The number of hydrogen-bond acceptors (Lipinski definition) is 4. The third kappa shape index (κ3) is 6.03. The molecule has 0 spiro atoms. The molecule has 0 saturated heterocycles. The quantitative estimate of drug-likeness (QED) is 0.438. The minimum atomic E-state index is -0.541. The molecule has 0 bridgehead atoms. The van der Waals surface area contributed by atoms with Crippen LogP contribution in [0.5, 0.6) is 11.5 Å². The highest BCUT2D eigenvalue weighted by Gasteiger charge is 2.12. The van der Waals surface area contributed by atoms with Crippen LogP contribution in [0.2, 0.25) is 5.02 Å². The van der Waals surface area contributed by atoms with Gasteiger partial charge in [0.2, 0.25) is 0 Å². The monoisotopic (exact) mass is 402 g/mol. The van der Waals surface area contributed by atoms with E-state index in [0.717, 1.165) is 0 Å². The van der Waals surface area contributed by atoms with E-state index in [1.807, 2.05) is 13.8 Å². The molecule has 0 radical (unpaired) electrons. The maximum atomic E-state index is 12.1. The molecular weight excluding hydrogens is 380 g/mol. The Bertz CT molecular complexity index is 863. The Kier molecular flexibility index (Phi) is 7.46. The van der Waals surface area contributed by atoms with Crippen molar-refractivity contribution in [2.24, 2.45) is 0 Å². The summed E-state index contributed by atoms with van der Waals surface area (Å²) in [7, 11) is 3.21. The van der Waals surface area contributed by atoms with Crippen LogP contribution in [-0.4, -0.2) is 32.2 Å². The fourth-order valence-corrected chi connectivity index (χ4v) is 2.52. The number of carbonyl (C=O) groups excluding carboxylic acids is 2. The maximum Gasteiger partial charge on any atom is 0.336 e. The molecule has 0 saturated carbocycles. The molecule has 2 aromatic rings. The average molecular weight is 403 g/mol. The predicted octanol–water partition coefficient (Wildman–Crippen LogP) is 4.52. The molecule has 0 aliphatic carbocycles. The van der Waals surface area contributed by atoms with Gasteiger partial charge in [0.15, 0.2) is 0 Å². The number of nitrogens with one attached hydrogen (secondary N) is 1. The Morgan fingerprint density at radius 1 is 1.14 bits per heavy atom. The minimum absolute atomic E-state index is 0.0417. The van der Waals surface area contributed by atoms with Crippen LogP contribution in [0, 0.1) is 0 Å². The van der Waals surface area contributed by atoms with E-state index in [-0.39, 0.29) is 12.1 Å². The van der Waals surface area contributed by atoms with Gasteiger partial charge in [-0.1, -0.05) is 11.6 Å². The largest absolute Gasteiger partial charge is 0.496 e. The summed E-state index contributed by atoms with van der Waals surface area (Å²) in [5.74, 6) is 0.426. The van der Waals surface area contributed by atoms with Gasteiger partial charge in [-0.25, -0.2) is 9.59 Å². The number of carbonyl (C=O) groups is 2. The third-order valence-corrected chi connectivity index (χ3v) is 3.99. The summed E-state index contributed by atoms with van der Waals surface area (Å²) >= 11 is 5.97. The molecule has 2 rings (SSSR count). The van der Waals surface area contributed by atoms with E-state index < -0.39 is 5.97 Å². The summed E-state index contributed by atoms with van der Waals surface area (Å²) in [5, 5.41) is 3.34. The number of anilines is 1. The van der Waals surface area contributed by atoms with Crippen LogP contribution in [0.1, 0.15) is 19.4 Å². The second-order valence-electron chi connectivity index (χ2n) is 6.30. The van der Waals surface area contributed by atoms with Crippen molar-refractivity contribution in [3.05, 3.63) is 59.1 Å². The predicted molar refractivity (Wildman–Crippen MR) is 111 cm³/mol. The smallest absolute Gasteiger partial charge is 0.336 e. The van der Waals surface area contributed by atoms with Crippen LogP contribution in [-0.2, 0) is 4.79 Å². The van der Waals surface area contributed by atoms with E-state index in [2.05, 4.69) is 5.32 Å². The number of nitrogens with zero attached hydrogens (tertiary/aromatic N) is 1. The molecule has 0 heterocycles. The number of benzene rings is 2. The van der Waals surface area contributed by atoms with Gasteiger partial charge in [0.1, 0.15) is 11.5 Å². The summed E-state index contributed by atoms with van der Waals surface area (Å²) in [6.45, 7) is 3.78. The molecular formula is C21H23ClN2O4. The molecule has 7 heteroatoms. The topological polar surface area (TPSA) is 67.9 Å². The lowest BCUT2D eigenvalue weighted by Gasteiger charge is -2.19. The Morgan fingerprint density at radius 3 is 2.43 bits per heavy atom. The lowest BCUT2D eigenvalue weighted by Crippen LogP contribution is -2.40. The number of urea groups is 1. The van der Waals surface area contributed by atoms with Crippen molar-refractivity contribution in [1.82, 2.24) is 5.32 Å². The van der Waals surface area contributed by atoms with E-state index in [1.54, 1.807) is 62.7 Å². The molecule has 148 valence electrons. The zero-order valence-corrected chi connectivity index (χ0v) is 17.0. The summed E-state index contributed by atoms with van der Waals surface area (Å²) < 4.78 is 10.5. The number of hydrogen-bond donors (Lipinski definition) is 1. The first-order valence-electron chi connectivity index (χ1n) is 8.68. The summed E-state index contributed by atoms with van der Waals surface area (Å²) in [4.78, 5) is 25.6. The zero-order valence-electron chi connectivity index (χ0n) is 16.2. The summed E-state index contributed by atoms with van der Waals surface area (Å²) in [6, 6.07) is 11.6. The van der Waals surface area contributed by atoms with Crippen molar-refractivity contribution in [3.8, 4) is 11.5 Å². The average Bonchev–Trinajstić information content (AvgIpc) is 2.66. The number of amides is 2. The van der Waals surface area contributed by atoms with Crippen molar-refractivity contribution in [2.75, 3.05) is 19.1 Å². The van der Waals surface area contributed by atoms with E-state index in [1.165, 1.54) is 11.0 Å². The molecule has 2 aromatic carbocycles. The molecule has 28 heavy (non-hydrogen) atoms. The molecule has 6 nitrogen and oxygen atoms in total. The minimum Gasteiger partial charge on any atom is -0.496 e. The van der Waals surface area contributed by atoms with E-state index in [9.17, 15) is 9.59 Å². The lowest BCUT2D eigenvalue weighted by atomic mass is 10.2. The van der Waals surface area contributed by atoms with Crippen LogP contribution < -0.4 is 19.7 Å². The highest BCUT2D eigenvalue weighted by atomic mass is 35.5. The fraction of sp³-hybridized carbons (Fsp3) is 0.238. The van der Waals surface area contributed by atoms with Gasteiger partial charge in [-0.2, -0.15) is 0 Å². The van der Waals surface area contributed by atoms with Gasteiger partial charge < -0.3 is 14.8 Å². The van der Waals surface area contributed by atoms with Crippen LogP contribution in [0.25, 0.3) is 6.08 Å². The lowest BCUT2D eigenvalue weighted by molar-refractivity contribution is -0.128. The van der Waals surface area contributed by atoms with Gasteiger partial charge in [0.25, 0.3) is 0 Å². The van der Waals surface area contributed by atoms with E-state index in [4.69, 9.17) is 21.1 Å². The van der Waals surface area contributed by atoms with E-state index in [0.29, 0.717) is 27.8 Å². The third-order valence-electron chi connectivity index (χ3n) is 3.75. The van der Waals surface area contributed by atoms with Crippen LogP contribution in [0.4, 0.5) is 10.5 Å². The van der Waals surface area contributed by atoms with Gasteiger partial charge >= 0.3 is 12.0 Å². The Balaban J connectivity index is 2.01. The number of ether oxygens (including phenoxy) is 2. The number of esters is 1. The van der Waals surface area contributed by atoms with Gasteiger partial charge in [-0.3, -0.25) is 4.90 Å². The molecule has 0 aromatic heterocycles. The Hall–Kier alpha value is -2.99. The van der Waals surface area contributed by atoms with Gasteiger partial charge in [0.05, 0.1) is 7.11 Å². The molecule has 0 aliphatic heterocycles. The normalized spacial score (nSPS) is 10.8. The number of halogens is 1. The molecule has 0 atom stereocenters. The molecule has 0 unspecified atom stereocenters. The molecule has 2 amide bonds.